The zero-order chi connectivity index (χ0) is 79.2. The molecule has 0 aromatic carbocycles. The van der Waals surface area contributed by atoms with E-state index in [1.807, 2.05) is 69.2 Å². The molecular weight excluding hydrogens is 1330 g/mol. The summed E-state index contributed by atoms with van der Waals surface area (Å²) in [5.41, 5.74) is 1.01. The van der Waals surface area contributed by atoms with Crippen LogP contribution < -0.4 is 31.9 Å². The van der Waals surface area contributed by atoms with Gasteiger partial charge in [-0.25, -0.2) is 0 Å². The lowest BCUT2D eigenvalue weighted by Crippen LogP contribution is -2.61. The normalized spacial score (nSPS) is 24.9. The van der Waals surface area contributed by atoms with Gasteiger partial charge >= 0.3 is 0 Å². The maximum Gasteiger partial charge on any atom is 0.248 e. The summed E-state index contributed by atoms with van der Waals surface area (Å²) in [6.07, 6.45) is 11.8. The van der Waals surface area contributed by atoms with Crippen LogP contribution >= 0.6 is 0 Å². The van der Waals surface area contributed by atoms with Gasteiger partial charge in [-0.2, -0.15) is 0 Å². The van der Waals surface area contributed by atoms with E-state index in [9.17, 15) is 43.5 Å². The summed E-state index contributed by atoms with van der Waals surface area (Å²) in [5, 5.41) is 27.6. The number of carbonyl (C=O) groups excluding carboxylic acids is 13. The van der Waals surface area contributed by atoms with Crippen molar-refractivity contribution in [3.05, 3.63) is 73.1 Å². The van der Waals surface area contributed by atoms with Gasteiger partial charge in [0.1, 0.15) is 60.4 Å². The largest absolute Gasteiger partial charge is 0.504 e. The lowest BCUT2D eigenvalue weighted by Gasteiger charge is -2.38. The van der Waals surface area contributed by atoms with E-state index in [0.717, 1.165) is 26.0 Å². The first-order chi connectivity index (χ1) is 48.7. The first kappa shape index (κ1) is 91.4. The molecule has 13 amide bonds. The van der Waals surface area contributed by atoms with Crippen LogP contribution in [0.15, 0.2) is 73.1 Å². The third-order valence-corrected chi connectivity index (χ3v) is 18.5. The van der Waals surface area contributed by atoms with E-state index < -0.39 is 156 Å². The molecule has 0 saturated carbocycles. The number of carbonyl (C=O) groups is 13. The zero-order valence-electron chi connectivity index (χ0n) is 65.7. The van der Waals surface area contributed by atoms with Gasteiger partial charge in [0.2, 0.25) is 76.8 Å². The van der Waals surface area contributed by atoms with Gasteiger partial charge < -0.3 is 76.0 Å². The van der Waals surface area contributed by atoms with Crippen LogP contribution in [0, 0.1) is 29.6 Å². The van der Waals surface area contributed by atoms with Gasteiger partial charge in [0, 0.05) is 74.9 Å². The van der Waals surface area contributed by atoms with E-state index >= 15 is 24.0 Å². The number of ether oxygens (including phenoxy) is 1. The number of hydrogen-bond acceptors (Lipinski definition) is 15. The van der Waals surface area contributed by atoms with E-state index in [4.69, 9.17) is 4.74 Å². The molecule has 2 rings (SSSR count). The second kappa shape index (κ2) is 44.8. The molecule has 104 heavy (non-hydrogen) atoms. The molecule has 0 aromatic heterocycles. The minimum Gasteiger partial charge on any atom is -0.504 e. The molecule has 0 radical (unpaired) electrons. The number of allylic oxidation sites excluding steroid dienone is 7. The highest BCUT2D eigenvalue weighted by Crippen LogP contribution is 2.24. The van der Waals surface area contributed by atoms with E-state index in [-0.39, 0.29) is 81.0 Å². The van der Waals surface area contributed by atoms with Crippen molar-refractivity contribution >= 4 is 76.8 Å². The van der Waals surface area contributed by atoms with Crippen LogP contribution in [0.4, 0.5) is 0 Å². The third kappa shape index (κ3) is 29.1. The number of nitrogens with one attached hydrogen (secondary N) is 6. The van der Waals surface area contributed by atoms with Gasteiger partial charge in [0.25, 0.3) is 0 Å². The number of hydrogen-bond donors (Lipinski definition) is 7. The molecule has 0 aromatic rings. The Bertz CT molecular complexity index is 3100. The van der Waals surface area contributed by atoms with Crippen molar-refractivity contribution in [2.24, 2.45) is 29.6 Å². The fraction of sp³-hybridized carbons (Fsp3) is 0.671. The SMILES string of the molecule is C=C/C=C(\C=C)CC1C(=O)NC(CC(C)C)C(=O)N(C)C(CC(C)C)C(=O)NC(C(C)O)C(=O)N(C)CC(=O)N(C)C(CC(C)C)C(=O)N[C@H](CCC(=C/C=C/C(=O)NC)/C=C/OC)C(=O)N(C)C(CC(C)C)C(=O)N(C)C(CC(C)C)C(=O)N[C@H](C(=O)N2CCCCC2)CC(=O)N[C@H](C)C(=O)N1C. The highest BCUT2D eigenvalue weighted by Gasteiger charge is 2.43. The molecule has 2 saturated heterocycles. The van der Waals surface area contributed by atoms with Crippen LogP contribution in [-0.4, -0.2) is 259 Å². The summed E-state index contributed by atoms with van der Waals surface area (Å²) >= 11 is 0. The Hall–Kier alpha value is -8.69. The topological polar surface area (TPSA) is 346 Å². The smallest absolute Gasteiger partial charge is 0.248 e. The number of amides is 13. The van der Waals surface area contributed by atoms with Crippen LogP contribution in [0.5, 0.6) is 0 Å². The van der Waals surface area contributed by atoms with Crippen molar-refractivity contribution in [1.29, 1.82) is 0 Å². The van der Waals surface area contributed by atoms with E-state index in [2.05, 4.69) is 45.1 Å². The molecule has 28 nitrogen and oxygen atoms in total. The predicted molar refractivity (Wildman–Crippen MR) is 400 cm³/mol. The van der Waals surface area contributed by atoms with Crippen molar-refractivity contribution < 1.29 is 72.2 Å². The molecule has 0 bridgehead atoms. The minimum atomic E-state index is -1.69. The van der Waals surface area contributed by atoms with Crippen LogP contribution in [-0.2, 0) is 67.1 Å². The third-order valence-electron chi connectivity index (χ3n) is 18.5. The zero-order valence-corrected chi connectivity index (χ0v) is 65.7. The molecule has 2 heterocycles. The van der Waals surface area contributed by atoms with Crippen molar-refractivity contribution in [2.75, 3.05) is 76.1 Å². The number of likely N-dealkylation sites (N-methyl/N-ethyl adjacent to an activating group) is 7. The second-order valence-electron chi connectivity index (χ2n) is 29.7. The fourth-order valence-electron chi connectivity index (χ4n) is 12.5. The summed E-state index contributed by atoms with van der Waals surface area (Å²) in [6.45, 7) is 28.5. The maximum atomic E-state index is 15.5. The Balaban J connectivity index is 3.18. The summed E-state index contributed by atoms with van der Waals surface area (Å²) < 4.78 is 5.23. The molecule has 7 N–H and O–H groups in total. The average molecular weight is 1460 g/mol. The highest BCUT2D eigenvalue weighted by molar-refractivity contribution is 6.00. The molecule has 0 aliphatic carbocycles. The van der Waals surface area contributed by atoms with Gasteiger partial charge in [-0.15, -0.1) is 0 Å². The molecule has 28 heteroatoms. The summed E-state index contributed by atoms with van der Waals surface area (Å²) in [7, 11) is 11.1. The number of nitrogens with zero attached hydrogens (tertiary/aromatic N) is 7. The Morgan fingerprint density at radius 2 is 1.03 bits per heavy atom. The molecule has 8 unspecified atom stereocenters. The molecule has 2 aliphatic rings. The number of likely N-dealkylation sites (tertiary alicyclic amines) is 1. The second-order valence-corrected chi connectivity index (χ2v) is 29.7. The standard InChI is InChI=1S/C76H125N13O15/c1-23-29-53(24-2)43-61-69(96)80-56(38-46(3)4)73(100)86(19)60(41-49(9)10)70(97)82-66(52(14)90)76(103)83(16)45-65(93)84(17)58(39-47(5)6)67(94)79-55(33-32-54(34-37-104-22)30-28-31-63(91)77-15)72(99)88(21)62(42-50(11)12)75(102)87(20)59(40-48(7)8)68(95)81-57(74(101)89-35-26-25-27-36-89)44-64(92)78-51(13)71(98)85(61)18/h23-24,28-31,34,37,46-52,55-62,66,90H,1-2,25-27,32-33,35-36,38-45H2,3-22H3,(H,77,91)(H,78,92)(H,79,94)(H,80,96)(H,81,95)(H,82,97)/b31-28+,37-34+,53-29+,54-30-/t51-,52?,55-,56?,57+,58?,59?,60?,61?,62?,66?/m1/s1. The van der Waals surface area contributed by atoms with Gasteiger partial charge in [-0.05, 0) is 125 Å². The minimum absolute atomic E-state index is 0.0300. The van der Waals surface area contributed by atoms with Gasteiger partial charge in [0.05, 0.1) is 32.4 Å². The van der Waals surface area contributed by atoms with Crippen molar-refractivity contribution in [3.63, 3.8) is 0 Å². The van der Waals surface area contributed by atoms with Crippen molar-refractivity contribution in [2.45, 2.75) is 227 Å². The summed E-state index contributed by atoms with van der Waals surface area (Å²) in [5.74, 6) is -10.8. The summed E-state index contributed by atoms with van der Waals surface area (Å²) in [4.78, 5) is 200. The first-order valence-corrected chi connectivity index (χ1v) is 36.5. The molecular formula is C76H125N13O15. The Labute approximate surface area is 618 Å². The molecule has 584 valence electrons. The quantitative estimate of drug-likeness (QED) is 0.0433. The Morgan fingerprint density at radius 3 is 1.54 bits per heavy atom. The number of piperidine rings is 1. The van der Waals surface area contributed by atoms with Crippen LogP contribution in [0.2, 0.25) is 0 Å². The van der Waals surface area contributed by atoms with Crippen molar-refractivity contribution in [3.8, 4) is 0 Å². The highest BCUT2D eigenvalue weighted by atomic mass is 16.5. The van der Waals surface area contributed by atoms with Crippen LogP contribution in [0.3, 0.4) is 0 Å². The van der Waals surface area contributed by atoms with Crippen molar-refractivity contribution in [1.82, 2.24) is 66.2 Å². The fourth-order valence-corrected chi connectivity index (χ4v) is 12.5. The number of methoxy groups -OCH3 is 1. The predicted octanol–water partition coefficient (Wildman–Crippen LogP) is 3.91. The Morgan fingerprint density at radius 1 is 0.558 bits per heavy atom. The monoisotopic (exact) mass is 1460 g/mol. The van der Waals surface area contributed by atoms with Gasteiger partial charge in [0.15, 0.2) is 0 Å². The molecule has 2 fully saturated rings. The molecule has 0 spiro atoms. The first-order valence-electron chi connectivity index (χ1n) is 36.5. The Kier molecular flexibility index (Phi) is 39.4. The lowest BCUT2D eigenvalue weighted by molar-refractivity contribution is -0.151. The summed E-state index contributed by atoms with van der Waals surface area (Å²) in [6, 6.07) is -13.9. The number of rotatable bonds is 23. The average Bonchev–Trinajstić information content (AvgIpc) is 0.825. The number of aliphatic hydroxyl groups excluding tert-OH is 1. The van der Waals surface area contributed by atoms with Gasteiger partial charge in [-0.1, -0.05) is 113 Å². The maximum absolute atomic E-state index is 15.5. The van der Waals surface area contributed by atoms with E-state index in [1.165, 1.54) is 111 Å². The number of aliphatic hydroxyl groups is 1. The van der Waals surface area contributed by atoms with Crippen LogP contribution in [0.25, 0.3) is 0 Å². The lowest BCUT2D eigenvalue weighted by atomic mass is 9.96. The van der Waals surface area contributed by atoms with Crippen LogP contribution in [0.1, 0.15) is 160 Å². The van der Waals surface area contributed by atoms with Gasteiger partial charge in [-0.3, -0.25) is 62.3 Å². The van der Waals surface area contributed by atoms with E-state index in [0.29, 0.717) is 37.1 Å². The molecule has 2 aliphatic heterocycles. The van der Waals surface area contributed by atoms with E-state index in [1.54, 1.807) is 23.1 Å². The molecule has 11 atom stereocenters.